The molecule has 1 atom stereocenters. The van der Waals surface area contributed by atoms with Crippen molar-refractivity contribution in [2.24, 2.45) is 11.8 Å². The minimum Gasteiger partial charge on any atom is -0.375 e. The van der Waals surface area contributed by atoms with Crippen LogP contribution in [-0.2, 0) is 4.74 Å². The summed E-state index contributed by atoms with van der Waals surface area (Å²) in [6.45, 7) is 8.96. The van der Waals surface area contributed by atoms with E-state index in [1.807, 2.05) is 0 Å². The van der Waals surface area contributed by atoms with Gasteiger partial charge in [0.05, 0.1) is 5.60 Å². The Balaban J connectivity index is 1.60. The van der Waals surface area contributed by atoms with E-state index in [1.165, 1.54) is 45.1 Å². The van der Waals surface area contributed by atoms with E-state index >= 15 is 0 Å². The molecule has 1 aliphatic carbocycles. The Hall–Kier alpha value is -0.0800. The first kappa shape index (κ1) is 14.3. The third kappa shape index (κ3) is 4.55. The van der Waals surface area contributed by atoms with E-state index in [1.54, 1.807) is 0 Å². The molecule has 0 bridgehead atoms. The molecule has 0 aromatic heterocycles. The topological polar surface area (TPSA) is 21.3 Å². The summed E-state index contributed by atoms with van der Waals surface area (Å²) in [7, 11) is 0. The van der Waals surface area contributed by atoms with Gasteiger partial charge in [-0.05, 0) is 51.5 Å². The summed E-state index contributed by atoms with van der Waals surface area (Å²) in [5.41, 5.74) is 0.0796. The molecule has 1 heterocycles. The van der Waals surface area contributed by atoms with Crippen molar-refractivity contribution in [3.8, 4) is 0 Å². The maximum atomic E-state index is 5.76. The van der Waals surface area contributed by atoms with Gasteiger partial charge in [-0.3, -0.25) is 0 Å². The second-order valence-corrected chi connectivity index (χ2v) is 7.17. The molecule has 106 valence electrons. The van der Waals surface area contributed by atoms with Gasteiger partial charge >= 0.3 is 0 Å². The van der Waals surface area contributed by atoms with Gasteiger partial charge in [0.2, 0.25) is 0 Å². The van der Waals surface area contributed by atoms with Crippen LogP contribution in [0.4, 0.5) is 0 Å². The Morgan fingerprint density at radius 3 is 2.50 bits per heavy atom. The Morgan fingerprint density at radius 2 is 1.83 bits per heavy atom. The number of hydrogen-bond donors (Lipinski definition) is 1. The minimum absolute atomic E-state index is 0.0796. The third-order valence-electron chi connectivity index (χ3n) is 4.82. The summed E-state index contributed by atoms with van der Waals surface area (Å²) in [6.07, 6.45) is 9.55. The second kappa shape index (κ2) is 6.38. The van der Waals surface area contributed by atoms with Crippen LogP contribution in [0.15, 0.2) is 0 Å². The number of nitrogens with one attached hydrogen (secondary N) is 1. The molecule has 0 radical (unpaired) electrons. The largest absolute Gasteiger partial charge is 0.375 e. The fourth-order valence-corrected chi connectivity index (χ4v) is 3.52. The maximum absolute atomic E-state index is 5.76. The second-order valence-electron chi connectivity index (χ2n) is 7.17. The van der Waals surface area contributed by atoms with Gasteiger partial charge in [-0.1, -0.05) is 32.6 Å². The highest BCUT2D eigenvalue weighted by atomic mass is 16.5. The zero-order valence-corrected chi connectivity index (χ0v) is 12.5. The smallest absolute Gasteiger partial charge is 0.0641 e. The fraction of sp³-hybridized carbons (Fsp3) is 1.00. The maximum Gasteiger partial charge on any atom is 0.0641 e. The number of hydrogen-bond acceptors (Lipinski definition) is 2. The van der Waals surface area contributed by atoms with Crippen molar-refractivity contribution in [2.45, 2.75) is 77.4 Å². The Morgan fingerprint density at radius 1 is 1.11 bits per heavy atom. The molecule has 2 fully saturated rings. The van der Waals surface area contributed by atoms with Crippen LogP contribution in [0, 0.1) is 11.8 Å². The highest BCUT2D eigenvalue weighted by Gasteiger charge is 2.28. The summed E-state index contributed by atoms with van der Waals surface area (Å²) in [5, 5.41) is 3.76. The van der Waals surface area contributed by atoms with Crippen LogP contribution >= 0.6 is 0 Å². The summed E-state index contributed by atoms with van der Waals surface area (Å²) in [4.78, 5) is 0. The molecule has 2 aliphatic rings. The van der Waals surface area contributed by atoms with E-state index in [-0.39, 0.29) is 5.60 Å². The van der Waals surface area contributed by atoms with E-state index in [0.29, 0.717) is 6.04 Å². The normalized spacial score (nSPS) is 36.5. The molecule has 1 unspecified atom stereocenters. The van der Waals surface area contributed by atoms with Crippen LogP contribution < -0.4 is 5.32 Å². The van der Waals surface area contributed by atoms with Crippen LogP contribution in [0.5, 0.6) is 0 Å². The summed E-state index contributed by atoms with van der Waals surface area (Å²) in [5.74, 6) is 1.96. The SMILES string of the molecule is CC1CCC(CCNC2CCOC(C)(C)C2)CC1. The Bertz CT molecular complexity index is 243. The first-order valence-corrected chi connectivity index (χ1v) is 7.92. The minimum atomic E-state index is 0.0796. The summed E-state index contributed by atoms with van der Waals surface area (Å²) < 4.78 is 5.76. The molecular weight excluding hydrogens is 222 g/mol. The summed E-state index contributed by atoms with van der Waals surface area (Å²) in [6, 6.07) is 0.677. The number of rotatable bonds is 4. The van der Waals surface area contributed by atoms with Gasteiger partial charge < -0.3 is 10.1 Å². The Labute approximate surface area is 113 Å². The predicted molar refractivity (Wildman–Crippen MR) is 76.8 cm³/mol. The van der Waals surface area contributed by atoms with E-state index < -0.39 is 0 Å². The third-order valence-corrected chi connectivity index (χ3v) is 4.82. The van der Waals surface area contributed by atoms with Crippen LogP contribution in [0.3, 0.4) is 0 Å². The van der Waals surface area contributed by atoms with Crippen molar-refractivity contribution in [3.63, 3.8) is 0 Å². The fourth-order valence-electron chi connectivity index (χ4n) is 3.52. The first-order chi connectivity index (χ1) is 8.55. The lowest BCUT2D eigenvalue weighted by molar-refractivity contribution is -0.0629. The van der Waals surface area contributed by atoms with Crippen molar-refractivity contribution in [3.05, 3.63) is 0 Å². The molecule has 1 aliphatic heterocycles. The quantitative estimate of drug-likeness (QED) is 0.824. The molecule has 0 amide bonds. The average Bonchev–Trinajstić information content (AvgIpc) is 2.30. The summed E-state index contributed by atoms with van der Waals surface area (Å²) >= 11 is 0. The van der Waals surface area contributed by atoms with Gasteiger partial charge in [0.25, 0.3) is 0 Å². The van der Waals surface area contributed by atoms with E-state index in [9.17, 15) is 0 Å². The van der Waals surface area contributed by atoms with Gasteiger partial charge in [-0.2, -0.15) is 0 Å². The van der Waals surface area contributed by atoms with Gasteiger partial charge in [-0.15, -0.1) is 0 Å². The van der Waals surface area contributed by atoms with E-state index in [0.717, 1.165) is 24.9 Å². The lowest BCUT2D eigenvalue weighted by Gasteiger charge is -2.36. The van der Waals surface area contributed by atoms with Crippen molar-refractivity contribution in [2.75, 3.05) is 13.2 Å². The highest BCUT2D eigenvalue weighted by Crippen LogP contribution is 2.30. The average molecular weight is 253 g/mol. The van der Waals surface area contributed by atoms with Crippen molar-refractivity contribution >= 4 is 0 Å². The highest BCUT2D eigenvalue weighted by molar-refractivity contribution is 4.83. The van der Waals surface area contributed by atoms with Gasteiger partial charge in [0.1, 0.15) is 0 Å². The van der Waals surface area contributed by atoms with E-state index in [2.05, 4.69) is 26.1 Å². The zero-order chi connectivity index (χ0) is 13.0. The van der Waals surface area contributed by atoms with Crippen molar-refractivity contribution < 1.29 is 4.74 Å². The van der Waals surface area contributed by atoms with Gasteiger partial charge in [-0.25, -0.2) is 0 Å². The zero-order valence-electron chi connectivity index (χ0n) is 12.5. The lowest BCUT2D eigenvalue weighted by Crippen LogP contribution is -2.44. The van der Waals surface area contributed by atoms with Crippen LogP contribution in [0.25, 0.3) is 0 Å². The standard InChI is InChI=1S/C16H31NO/c1-13-4-6-14(7-5-13)8-10-17-15-9-11-18-16(2,3)12-15/h13-15,17H,4-12H2,1-3H3. The van der Waals surface area contributed by atoms with Crippen molar-refractivity contribution in [1.29, 1.82) is 0 Å². The number of ether oxygens (including phenoxy) is 1. The molecule has 18 heavy (non-hydrogen) atoms. The molecular formula is C16H31NO. The van der Waals surface area contributed by atoms with Crippen LogP contribution in [0.2, 0.25) is 0 Å². The van der Waals surface area contributed by atoms with E-state index in [4.69, 9.17) is 4.74 Å². The molecule has 1 N–H and O–H groups in total. The molecule has 2 rings (SSSR count). The first-order valence-electron chi connectivity index (χ1n) is 7.92. The molecule has 0 aromatic carbocycles. The van der Waals surface area contributed by atoms with Crippen molar-refractivity contribution in [1.82, 2.24) is 5.32 Å². The lowest BCUT2D eigenvalue weighted by atomic mass is 9.81. The molecule has 2 heteroatoms. The monoisotopic (exact) mass is 253 g/mol. The molecule has 0 aromatic rings. The van der Waals surface area contributed by atoms with Gasteiger partial charge in [0.15, 0.2) is 0 Å². The Kier molecular flexibility index (Phi) is 5.08. The molecule has 1 saturated carbocycles. The van der Waals surface area contributed by atoms with Gasteiger partial charge in [0, 0.05) is 12.6 Å². The molecule has 0 spiro atoms. The predicted octanol–water partition coefficient (Wildman–Crippen LogP) is 3.75. The van der Waals surface area contributed by atoms with Crippen LogP contribution in [-0.4, -0.2) is 24.8 Å². The molecule has 2 nitrogen and oxygen atoms in total. The van der Waals surface area contributed by atoms with Crippen LogP contribution in [0.1, 0.15) is 65.7 Å². The molecule has 1 saturated heterocycles.